The monoisotopic (exact) mass is 395 g/mol. The minimum absolute atomic E-state index is 0. The van der Waals surface area contributed by atoms with E-state index in [1.54, 1.807) is 32.9 Å². The minimum Gasteiger partial charge on any atom is -0.796 e. The Balaban J connectivity index is 0.00000676. The fourth-order valence-corrected chi connectivity index (χ4v) is 4.02. The number of nitrogens with one attached hydrogen (secondary N) is 1. The average Bonchev–Trinajstić information content (AvgIpc) is 2.59. The summed E-state index contributed by atoms with van der Waals surface area (Å²) in [6, 6.07) is 4.79. The molecule has 0 saturated heterocycles. The van der Waals surface area contributed by atoms with Crippen molar-refractivity contribution in [2.75, 3.05) is 25.9 Å². The minimum atomic E-state index is -4.11. The van der Waals surface area contributed by atoms with Crippen LogP contribution in [0.2, 0.25) is 0 Å². The van der Waals surface area contributed by atoms with Crippen molar-refractivity contribution in [3.05, 3.63) is 35.4 Å². The van der Waals surface area contributed by atoms with Gasteiger partial charge < -0.3 is 34.5 Å². The van der Waals surface area contributed by atoms with E-state index in [-0.39, 0.29) is 50.2 Å². The van der Waals surface area contributed by atoms with Gasteiger partial charge in [0.05, 0.1) is 19.0 Å². The van der Waals surface area contributed by atoms with E-state index >= 15 is 0 Å². The number of rotatable bonds is 12. The Hall–Kier alpha value is -0.683. The molecule has 0 aliphatic heterocycles. The molecule has 0 heterocycles. The maximum atomic E-state index is 12.3. The summed E-state index contributed by atoms with van der Waals surface area (Å²) < 4.78 is 22.5. The molecule has 0 aliphatic rings. The van der Waals surface area contributed by atoms with Crippen LogP contribution in [0.15, 0.2) is 24.3 Å². The number of aliphatic hydroxyl groups excluding tert-OH is 1. The zero-order chi connectivity index (χ0) is 19.7. The summed E-state index contributed by atoms with van der Waals surface area (Å²) in [6.07, 6.45) is -1.63. The van der Waals surface area contributed by atoms with E-state index in [4.69, 9.17) is 14.6 Å². The summed E-state index contributed by atoms with van der Waals surface area (Å²) in [7, 11) is -4.11. The van der Waals surface area contributed by atoms with Crippen molar-refractivity contribution in [1.82, 2.24) is 5.32 Å². The number of benzene rings is 1. The number of aliphatic hydroxyl groups is 1. The molecular formula is C17H27LiNO7P. The van der Waals surface area contributed by atoms with Crippen LogP contribution in [0.4, 0.5) is 0 Å². The van der Waals surface area contributed by atoms with Crippen LogP contribution in [0, 0.1) is 0 Å². The number of ether oxygens (including phenoxy) is 2. The van der Waals surface area contributed by atoms with Crippen LogP contribution in [-0.2, 0) is 14.0 Å². The molecule has 1 aromatic rings. The summed E-state index contributed by atoms with van der Waals surface area (Å²) in [6.45, 7) is 5.52. The van der Waals surface area contributed by atoms with Crippen molar-refractivity contribution in [1.29, 1.82) is 0 Å². The van der Waals surface area contributed by atoms with Gasteiger partial charge in [-0.05, 0) is 38.5 Å². The van der Waals surface area contributed by atoms with E-state index in [2.05, 4.69) is 5.32 Å². The van der Waals surface area contributed by atoms with Gasteiger partial charge in [-0.25, -0.2) is 4.79 Å². The summed E-state index contributed by atoms with van der Waals surface area (Å²) in [5, 5.41) is 22.1. The van der Waals surface area contributed by atoms with Gasteiger partial charge in [-0.1, -0.05) is 12.1 Å². The molecule has 8 nitrogen and oxygen atoms in total. The normalized spacial score (nSPS) is 15.6. The van der Waals surface area contributed by atoms with Crippen molar-refractivity contribution in [3.63, 3.8) is 0 Å². The molecule has 0 spiro atoms. The molecule has 27 heavy (non-hydrogen) atoms. The first-order valence-corrected chi connectivity index (χ1v) is 10.4. The zero-order valence-electron chi connectivity index (χ0n) is 16.3. The topological polar surface area (TPSA) is 128 Å². The number of aromatic carboxylic acids is 1. The van der Waals surface area contributed by atoms with E-state index in [1.807, 2.05) is 0 Å². The third-order valence-electron chi connectivity index (χ3n) is 3.70. The van der Waals surface area contributed by atoms with Crippen molar-refractivity contribution >= 4 is 13.3 Å². The first kappa shape index (κ1) is 26.3. The van der Waals surface area contributed by atoms with Crippen molar-refractivity contribution in [2.45, 2.75) is 38.9 Å². The Morgan fingerprint density at radius 1 is 1.30 bits per heavy atom. The third-order valence-corrected chi connectivity index (χ3v) is 5.57. The van der Waals surface area contributed by atoms with Crippen LogP contribution in [0.3, 0.4) is 0 Å². The van der Waals surface area contributed by atoms with Crippen LogP contribution in [0.1, 0.15) is 42.7 Å². The van der Waals surface area contributed by atoms with E-state index in [0.29, 0.717) is 0 Å². The van der Waals surface area contributed by atoms with Crippen molar-refractivity contribution < 1.29 is 52.8 Å². The predicted octanol–water partition coefficient (Wildman–Crippen LogP) is -1.60. The quantitative estimate of drug-likeness (QED) is 0.219. The standard InChI is InChI=1S/C17H28NO7P.Li/c1-4-24-17(25-5-2)26(22,23)11-15(19)10-18-12(3)13-7-6-8-14(9-13)16(20)21;/h6-9,12,15,17-19H,4-5,10-11H2,1-3H3,(H,20,21)(H,22,23);/q;+1/p-1/t12-,15+;/m1./s1. The van der Waals surface area contributed by atoms with Crippen molar-refractivity contribution in [2.24, 2.45) is 0 Å². The van der Waals surface area contributed by atoms with Gasteiger partial charge in [-0.2, -0.15) is 0 Å². The Labute approximate surface area is 171 Å². The molecular weight excluding hydrogens is 368 g/mol. The second-order valence-electron chi connectivity index (χ2n) is 5.84. The van der Waals surface area contributed by atoms with Gasteiger partial charge in [0.2, 0.25) is 0 Å². The summed E-state index contributed by atoms with van der Waals surface area (Å²) >= 11 is 0. The van der Waals surface area contributed by atoms with Crippen LogP contribution in [0.5, 0.6) is 0 Å². The van der Waals surface area contributed by atoms with Crippen LogP contribution in [-0.4, -0.2) is 54.2 Å². The number of carboxylic acid groups (broad SMARTS) is 1. The van der Waals surface area contributed by atoms with Gasteiger partial charge in [0.25, 0.3) is 0 Å². The Morgan fingerprint density at radius 3 is 2.41 bits per heavy atom. The maximum absolute atomic E-state index is 12.3. The van der Waals surface area contributed by atoms with E-state index in [0.717, 1.165) is 5.56 Å². The second-order valence-corrected chi connectivity index (χ2v) is 8.08. The third kappa shape index (κ3) is 8.90. The Kier molecular flexibility index (Phi) is 12.4. The Morgan fingerprint density at radius 2 is 1.89 bits per heavy atom. The predicted molar refractivity (Wildman–Crippen MR) is 95.3 cm³/mol. The molecule has 10 heteroatoms. The van der Waals surface area contributed by atoms with Gasteiger partial charge in [-0.3, -0.25) is 0 Å². The summed E-state index contributed by atoms with van der Waals surface area (Å²) in [4.78, 5) is 23.3. The van der Waals surface area contributed by atoms with E-state index in [9.17, 15) is 19.4 Å². The molecule has 3 N–H and O–H groups in total. The van der Waals surface area contributed by atoms with Gasteiger partial charge >= 0.3 is 24.8 Å². The summed E-state index contributed by atoms with van der Waals surface area (Å²) in [5.41, 5.74) is 0.890. The molecule has 1 unspecified atom stereocenters. The molecule has 0 saturated carbocycles. The van der Waals surface area contributed by atoms with E-state index < -0.39 is 31.6 Å². The van der Waals surface area contributed by atoms with Crippen LogP contribution >= 0.6 is 7.37 Å². The van der Waals surface area contributed by atoms with Gasteiger partial charge in [0.1, 0.15) is 0 Å². The molecule has 0 bridgehead atoms. The second kappa shape index (κ2) is 12.7. The number of carboxylic acids is 1. The van der Waals surface area contributed by atoms with Gasteiger partial charge in [0.15, 0.2) is 6.03 Å². The molecule has 0 amide bonds. The average molecular weight is 395 g/mol. The first-order chi connectivity index (χ1) is 12.2. The largest absolute Gasteiger partial charge is 1.00 e. The molecule has 3 atom stereocenters. The molecule has 0 radical (unpaired) electrons. The molecule has 1 aromatic carbocycles. The van der Waals surface area contributed by atoms with Crippen LogP contribution < -0.4 is 29.1 Å². The summed E-state index contributed by atoms with van der Waals surface area (Å²) in [5.74, 6) is -1.02. The molecule has 0 aliphatic carbocycles. The fourth-order valence-electron chi connectivity index (χ4n) is 2.38. The fraction of sp³-hybridized carbons (Fsp3) is 0.588. The number of hydrogen-bond donors (Lipinski definition) is 3. The van der Waals surface area contributed by atoms with E-state index in [1.165, 1.54) is 12.1 Å². The Bertz CT molecular complexity index is 625. The zero-order valence-corrected chi connectivity index (χ0v) is 17.1. The number of carbonyl (C=O) groups is 1. The molecule has 0 fully saturated rings. The SMILES string of the molecule is CCOC(OCC)P(=O)([O-])C[C@@H](O)CN[C@H](C)c1cccc(C(=O)O)c1.[Li+]. The van der Waals surface area contributed by atoms with Crippen molar-refractivity contribution in [3.8, 4) is 0 Å². The molecule has 0 aromatic heterocycles. The smallest absolute Gasteiger partial charge is 0.796 e. The molecule has 1 rings (SSSR count). The first-order valence-electron chi connectivity index (χ1n) is 8.48. The molecule has 148 valence electrons. The van der Waals surface area contributed by atoms with Gasteiger partial charge in [-0.15, -0.1) is 0 Å². The number of hydrogen-bond acceptors (Lipinski definition) is 7. The van der Waals surface area contributed by atoms with Gasteiger partial charge in [0, 0.05) is 32.0 Å². The maximum Gasteiger partial charge on any atom is 1.00 e. The van der Waals surface area contributed by atoms with Crippen LogP contribution in [0.25, 0.3) is 0 Å².